The van der Waals surface area contributed by atoms with Gasteiger partial charge in [-0.2, -0.15) is 0 Å². The highest BCUT2D eigenvalue weighted by Crippen LogP contribution is 2.16. The van der Waals surface area contributed by atoms with Crippen LogP contribution in [0, 0.1) is 0 Å². The van der Waals surface area contributed by atoms with Gasteiger partial charge in [-0.3, -0.25) is 14.3 Å². The molecule has 0 saturated carbocycles. The lowest BCUT2D eigenvalue weighted by Gasteiger charge is -2.05. The van der Waals surface area contributed by atoms with Crippen molar-refractivity contribution in [3.63, 3.8) is 0 Å². The number of carbonyl (C=O) groups excluding carboxylic acids is 1. The van der Waals surface area contributed by atoms with Gasteiger partial charge in [-0.1, -0.05) is 6.07 Å². The van der Waals surface area contributed by atoms with Crippen molar-refractivity contribution in [3.05, 3.63) is 47.9 Å². The Morgan fingerprint density at radius 2 is 2.22 bits per heavy atom. The average Bonchev–Trinajstić information content (AvgIpc) is 2.89. The van der Waals surface area contributed by atoms with Gasteiger partial charge in [-0.25, -0.2) is 9.97 Å². The Morgan fingerprint density at radius 1 is 1.35 bits per heavy atom. The normalized spacial score (nSPS) is 10.8. The van der Waals surface area contributed by atoms with Crippen molar-refractivity contribution >= 4 is 23.0 Å². The van der Waals surface area contributed by atoms with Gasteiger partial charge < -0.3 is 11.1 Å². The molecule has 0 aliphatic carbocycles. The number of rotatable bonds is 5. The van der Waals surface area contributed by atoms with Gasteiger partial charge in [0, 0.05) is 37.6 Å². The Balaban J connectivity index is 1.69. The summed E-state index contributed by atoms with van der Waals surface area (Å²) in [6.45, 7) is 3.17. The van der Waals surface area contributed by atoms with Crippen LogP contribution in [0.25, 0.3) is 11.2 Å². The molecule has 0 fully saturated rings. The average molecular weight is 310 g/mol. The van der Waals surface area contributed by atoms with E-state index >= 15 is 0 Å². The maximum absolute atomic E-state index is 12.2. The lowest BCUT2D eigenvalue weighted by atomic mass is 10.2. The Bertz CT molecular complexity index is 827. The number of pyridine rings is 2. The molecule has 0 aliphatic rings. The number of fused-ring (bicyclic) bond motifs is 1. The fraction of sp³-hybridized carbons (Fsp3) is 0.250. The zero-order chi connectivity index (χ0) is 16.2. The van der Waals surface area contributed by atoms with Crippen LogP contribution in [-0.4, -0.2) is 32.0 Å². The Kier molecular flexibility index (Phi) is 4.18. The third kappa shape index (κ3) is 3.13. The predicted molar refractivity (Wildman–Crippen MR) is 87.9 cm³/mol. The molecule has 0 unspecified atom stereocenters. The highest BCUT2D eigenvalue weighted by molar-refractivity contribution is 5.96. The molecule has 7 heteroatoms. The van der Waals surface area contributed by atoms with E-state index in [0.29, 0.717) is 42.2 Å². The third-order valence-electron chi connectivity index (χ3n) is 3.59. The van der Waals surface area contributed by atoms with Gasteiger partial charge in [0.05, 0.1) is 5.56 Å². The Hall–Kier alpha value is -2.96. The summed E-state index contributed by atoms with van der Waals surface area (Å²) in [5, 5.41) is 2.86. The zero-order valence-corrected chi connectivity index (χ0v) is 12.9. The number of aryl methyl sites for hydroxylation is 1. The molecule has 0 aliphatic heterocycles. The first kappa shape index (κ1) is 15.0. The molecule has 0 atom stereocenters. The van der Waals surface area contributed by atoms with Crippen molar-refractivity contribution in [3.8, 4) is 0 Å². The third-order valence-corrected chi connectivity index (χ3v) is 3.59. The van der Waals surface area contributed by atoms with Gasteiger partial charge in [0.2, 0.25) is 5.95 Å². The molecule has 3 aromatic rings. The first-order chi connectivity index (χ1) is 11.2. The number of nitrogen functional groups attached to an aromatic ring is 1. The second-order valence-electron chi connectivity index (χ2n) is 5.11. The van der Waals surface area contributed by atoms with Crippen LogP contribution in [-0.2, 0) is 13.0 Å². The van der Waals surface area contributed by atoms with Crippen LogP contribution >= 0.6 is 0 Å². The maximum Gasteiger partial charge on any atom is 0.252 e. The van der Waals surface area contributed by atoms with E-state index in [1.807, 2.05) is 25.1 Å². The van der Waals surface area contributed by atoms with Crippen molar-refractivity contribution in [2.24, 2.45) is 0 Å². The number of anilines is 1. The van der Waals surface area contributed by atoms with Gasteiger partial charge in [0.15, 0.2) is 5.65 Å². The summed E-state index contributed by atoms with van der Waals surface area (Å²) < 4.78 is 1.80. The van der Waals surface area contributed by atoms with Crippen LogP contribution in [0.2, 0.25) is 0 Å². The second kappa shape index (κ2) is 6.43. The van der Waals surface area contributed by atoms with E-state index < -0.39 is 0 Å². The number of amides is 1. The summed E-state index contributed by atoms with van der Waals surface area (Å²) >= 11 is 0. The summed E-state index contributed by atoms with van der Waals surface area (Å²) in [4.78, 5) is 25.0. The molecule has 1 amide bonds. The first-order valence-electron chi connectivity index (χ1n) is 7.49. The Labute approximate surface area is 133 Å². The quantitative estimate of drug-likeness (QED) is 0.742. The second-order valence-corrected chi connectivity index (χ2v) is 5.11. The molecule has 7 nitrogen and oxygen atoms in total. The number of aromatic nitrogens is 4. The predicted octanol–water partition coefficient (Wildman–Crippen LogP) is 1.40. The lowest BCUT2D eigenvalue weighted by Crippen LogP contribution is -2.26. The monoisotopic (exact) mass is 310 g/mol. The first-order valence-corrected chi connectivity index (χ1v) is 7.49. The molecular formula is C16H18N6O. The molecule has 23 heavy (non-hydrogen) atoms. The molecule has 3 rings (SSSR count). The number of hydrogen-bond acceptors (Lipinski definition) is 5. The fourth-order valence-electron chi connectivity index (χ4n) is 2.42. The summed E-state index contributed by atoms with van der Waals surface area (Å²) in [6.07, 6.45) is 3.97. The molecule has 0 saturated heterocycles. The van der Waals surface area contributed by atoms with Crippen molar-refractivity contribution in [1.29, 1.82) is 0 Å². The van der Waals surface area contributed by atoms with Crippen LogP contribution < -0.4 is 11.1 Å². The van der Waals surface area contributed by atoms with Crippen molar-refractivity contribution < 1.29 is 4.79 Å². The number of hydrogen-bond donors (Lipinski definition) is 2. The van der Waals surface area contributed by atoms with Crippen LogP contribution in [0.1, 0.15) is 23.0 Å². The fourth-order valence-corrected chi connectivity index (χ4v) is 2.42. The minimum absolute atomic E-state index is 0.181. The number of nitrogens with zero attached hydrogens (tertiary/aromatic N) is 4. The van der Waals surface area contributed by atoms with Crippen molar-refractivity contribution in [2.45, 2.75) is 19.9 Å². The lowest BCUT2D eigenvalue weighted by molar-refractivity contribution is 0.0954. The number of imidazole rings is 1. The van der Waals surface area contributed by atoms with Gasteiger partial charge >= 0.3 is 0 Å². The standard InChI is InChI=1S/C16H18N6O/c1-2-22-14-13(21-16(22)17)9-11(10-20-14)15(23)19-8-6-12-5-3-4-7-18-12/h3-5,7,9-10H,2,6,8H2,1H3,(H2,17,21)(H,19,23). The molecular weight excluding hydrogens is 292 g/mol. The minimum atomic E-state index is -0.181. The minimum Gasteiger partial charge on any atom is -0.369 e. The van der Waals surface area contributed by atoms with Crippen molar-refractivity contribution in [1.82, 2.24) is 24.8 Å². The van der Waals surface area contributed by atoms with E-state index in [1.165, 1.54) is 0 Å². The van der Waals surface area contributed by atoms with E-state index in [2.05, 4.69) is 20.3 Å². The van der Waals surface area contributed by atoms with Gasteiger partial charge in [-0.05, 0) is 25.1 Å². The molecule has 3 aromatic heterocycles. The molecule has 0 bridgehead atoms. The molecule has 0 spiro atoms. The van der Waals surface area contributed by atoms with Crippen LogP contribution in [0.4, 0.5) is 5.95 Å². The Morgan fingerprint density at radius 3 is 2.96 bits per heavy atom. The smallest absolute Gasteiger partial charge is 0.252 e. The summed E-state index contributed by atoms with van der Waals surface area (Å²) in [5.41, 5.74) is 8.57. The number of carbonyl (C=O) groups is 1. The molecule has 0 radical (unpaired) electrons. The van der Waals surface area contributed by atoms with Gasteiger partial charge in [0.1, 0.15) is 5.52 Å². The van der Waals surface area contributed by atoms with E-state index in [1.54, 1.807) is 23.0 Å². The summed E-state index contributed by atoms with van der Waals surface area (Å²) in [5.74, 6) is 0.225. The van der Waals surface area contributed by atoms with Crippen LogP contribution in [0.15, 0.2) is 36.7 Å². The summed E-state index contributed by atoms with van der Waals surface area (Å²) in [6, 6.07) is 7.43. The number of nitrogens with two attached hydrogens (primary N) is 1. The van der Waals surface area contributed by atoms with Crippen LogP contribution in [0.5, 0.6) is 0 Å². The van der Waals surface area contributed by atoms with Gasteiger partial charge in [-0.15, -0.1) is 0 Å². The zero-order valence-electron chi connectivity index (χ0n) is 12.9. The SMILES string of the molecule is CCn1c(N)nc2cc(C(=O)NCCc3ccccn3)cnc21. The number of nitrogens with one attached hydrogen (secondary N) is 1. The topological polar surface area (TPSA) is 98.7 Å². The van der Waals surface area contributed by atoms with Gasteiger partial charge in [0.25, 0.3) is 5.91 Å². The molecule has 3 N–H and O–H groups in total. The highest BCUT2D eigenvalue weighted by atomic mass is 16.1. The molecule has 118 valence electrons. The van der Waals surface area contributed by atoms with E-state index in [-0.39, 0.29) is 5.91 Å². The van der Waals surface area contributed by atoms with E-state index in [4.69, 9.17) is 5.73 Å². The maximum atomic E-state index is 12.2. The molecule has 0 aromatic carbocycles. The van der Waals surface area contributed by atoms with E-state index in [0.717, 1.165) is 5.69 Å². The highest BCUT2D eigenvalue weighted by Gasteiger charge is 2.12. The van der Waals surface area contributed by atoms with Crippen LogP contribution in [0.3, 0.4) is 0 Å². The molecule has 3 heterocycles. The summed E-state index contributed by atoms with van der Waals surface area (Å²) in [7, 11) is 0. The van der Waals surface area contributed by atoms with E-state index in [9.17, 15) is 4.79 Å². The largest absolute Gasteiger partial charge is 0.369 e. The van der Waals surface area contributed by atoms with Crippen molar-refractivity contribution in [2.75, 3.05) is 12.3 Å².